The molecule has 1 saturated heterocycles. The van der Waals surface area contributed by atoms with Gasteiger partial charge in [-0.1, -0.05) is 18.2 Å². The maximum absolute atomic E-state index is 6.00. The number of benzene rings is 1. The molecule has 29 heavy (non-hydrogen) atoms. The fraction of sp³-hybridized carbons (Fsp3) is 0.545. The van der Waals surface area contributed by atoms with Crippen molar-refractivity contribution in [2.75, 3.05) is 33.2 Å². The highest BCUT2D eigenvalue weighted by Gasteiger charge is 2.23. The van der Waals surface area contributed by atoms with Crippen molar-refractivity contribution in [3.63, 3.8) is 0 Å². The van der Waals surface area contributed by atoms with E-state index in [1.54, 1.807) is 11.3 Å². The van der Waals surface area contributed by atoms with E-state index in [0.29, 0.717) is 5.92 Å². The van der Waals surface area contributed by atoms with E-state index in [1.807, 2.05) is 19.2 Å². The molecule has 7 heteroatoms. The van der Waals surface area contributed by atoms with Gasteiger partial charge in [0.15, 0.2) is 5.96 Å². The summed E-state index contributed by atoms with van der Waals surface area (Å²) < 4.78 is 6.00. The molecule has 1 atom stereocenters. The Morgan fingerprint density at radius 1 is 1.24 bits per heavy atom. The van der Waals surface area contributed by atoms with Crippen LogP contribution in [0.3, 0.4) is 0 Å². The first kappa shape index (κ1) is 20.2. The zero-order chi connectivity index (χ0) is 20.1. The summed E-state index contributed by atoms with van der Waals surface area (Å²) in [5.41, 5.74) is 2.51. The van der Waals surface area contributed by atoms with Crippen LogP contribution in [0.4, 0.5) is 0 Å². The van der Waals surface area contributed by atoms with E-state index < -0.39 is 0 Å². The predicted octanol–water partition coefficient (Wildman–Crippen LogP) is 2.83. The lowest BCUT2D eigenvalue weighted by Gasteiger charge is -2.31. The number of rotatable bonds is 6. The van der Waals surface area contributed by atoms with Gasteiger partial charge in [0.1, 0.15) is 11.9 Å². The zero-order valence-corrected chi connectivity index (χ0v) is 18.2. The van der Waals surface area contributed by atoms with Crippen LogP contribution in [0.5, 0.6) is 5.75 Å². The Balaban J connectivity index is 1.14. The second-order valence-electron chi connectivity index (χ2n) is 7.96. The van der Waals surface area contributed by atoms with E-state index in [0.717, 1.165) is 55.9 Å². The molecular weight excluding hydrogens is 382 g/mol. The molecule has 4 rings (SSSR count). The van der Waals surface area contributed by atoms with Crippen molar-refractivity contribution in [1.29, 1.82) is 0 Å². The van der Waals surface area contributed by atoms with Crippen LogP contribution in [0, 0.1) is 12.8 Å². The number of para-hydroxylation sites is 1. The number of aliphatic imine (C=N–C) groups is 1. The Hall–Kier alpha value is -2.12. The van der Waals surface area contributed by atoms with Crippen molar-refractivity contribution in [2.45, 2.75) is 38.8 Å². The molecule has 2 N–H and O–H groups in total. The Bertz CT molecular complexity index is 803. The summed E-state index contributed by atoms with van der Waals surface area (Å²) in [4.78, 5) is 11.5. The lowest BCUT2D eigenvalue weighted by atomic mass is 9.97. The van der Waals surface area contributed by atoms with E-state index in [-0.39, 0.29) is 6.10 Å². The average Bonchev–Trinajstić information content (AvgIpc) is 3.34. The van der Waals surface area contributed by atoms with Crippen LogP contribution in [0.1, 0.15) is 29.1 Å². The summed E-state index contributed by atoms with van der Waals surface area (Å²) in [6.07, 6.45) is 3.56. The normalized spacial score (nSPS) is 20.3. The second kappa shape index (κ2) is 9.59. The molecule has 2 aliphatic rings. The number of piperidine rings is 1. The van der Waals surface area contributed by atoms with E-state index in [1.165, 1.54) is 24.1 Å². The number of thiazole rings is 1. The Kier molecular flexibility index (Phi) is 6.67. The summed E-state index contributed by atoms with van der Waals surface area (Å²) in [6, 6.07) is 8.29. The number of aryl methyl sites for hydroxylation is 1. The molecular formula is C22H31N5OS. The van der Waals surface area contributed by atoms with Gasteiger partial charge in [-0.2, -0.15) is 0 Å². The van der Waals surface area contributed by atoms with Crippen molar-refractivity contribution in [1.82, 2.24) is 20.5 Å². The van der Waals surface area contributed by atoms with Crippen LogP contribution >= 0.6 is 11.3 Å². The monoisotopic (exact) mass is 413 g/mol. The van der Waals surface area contributed by atoms with Crippen molar-refractivity contribution >= 4 is 17.3 Å². The molecule has 0 saturated carbocycles. The number of hydrogen-bond donors (Lipinski definition) is 2. The first-order valence-electron chi connectivity index (χ1n) is 10.5. The fourth-order valence-electron chi connectivity index (χ4n) is 4.10. The third-order valence-corrected chi connectivity index (χ3v) is 6.57. The maximum atomic E-state index is 6.00. The molecule has 0 spiro atoms. The SMILES string of the molecule is CN=C(NCC1CCN(Cc2csc(C)n2)CC1)NCC1Cc2ccccc2O1. The first-order valence-corrected chi connectivity index (χ1v) is 11.4. The van der Waals surface area contributed by atoms with Gasteiger partial charge in [0.2, 0.25) is 0 Å². The topological polar surface area (TPSA) is 61.8 Å². The lowest BCUT2D eigenvalue weighted by Crippen LogP contribution is -2.45. The van der Waals surface area contributed by atoms with Crippen molar-refractivity contribution in [3.8, 4) is 5.75 Å². The molecule has 0 aliphatic carbocycles. The minimum absolute atomic E-state index is 0.170. The van der Waals surface area contributed by atoms with Crippen LogP contribution < -0.4 is 15.4 Å². The number of guanidine groups is 1. The fourth-order valence-corrected chi connectivity index (χ4v) is 4.70. The number of nitrogens with one attached hydrogen (secondary N) is 2. The summed E-state index contributed by atoms with van der Waals surface area (Å²) in [5, 5.41) is 10.3. The molecule has 1 aromatic carbocycles. The number of aromatic nitrogens is 1. The number of likely N-dealkylation sites (tertiary alicyclic amines) is 1. The quantitative estimate of drug-likeness (QED) is 0.563. The van der Waals surface area contributed by atoms with Gasteiger partial charge in [-0.3, -0.25) is 9.89 Å². The van der Waals surface area contributed by atoms with E-state index in [4.69, 9.17) is 4.74 Å². The van der Waals surface area contributed by atoms with Gasteiger partial charge in [-0.25, -0.2) is 4.98 Å². The van der Waals surface area contributed by atoms with Crippen molar-refractivity contribution in [2.24, 2.45) is 10.9 Å². The number of nitrogens with zero attached hydrogens (tertiary/aromatic N) is 3. The van der Waals surface area contributed by atoms with E-state index >= 15 is 0 Å². The van der Waals surface area contributed by atoms with E-state index in [2.05, 4.69) is 49.9 Å². The van der Waals surface area contributed by atoms with Crippen molar-refractivity contribution < 1.29 is 4.74 Å². The molecule has 1 aromatic heterocycles. The summed E-state index contributed by atoms with van der Waals surface area (Å²) >= 11 is 1.74. The largest absolute Gasteiger partial charge is 0.488 e. The van der Waals surface area contributed by atoms with Gasteiger partial charge in [0.05, 0.1) is 17.2 Å². The molecule has 1 fully saturated rings. The Labute approximate surface area is 177 Å². The highest BCUT2D eigenvalue weighted by Crippen LogP contribution is 2.27. The van der Waals surface area contributed by atoms with Crippen LogP contribution in [-0.2, 0) is 13.0 Å². The number of fused-ring (bicyclic) bond motifs is 1. The Morgan fingerprint density at radius 2 is 2.03 bits per heavy atom. The highest BCUT2D eigenvalue weighted by atomic mass is 32.1. The molecule has 0 amide bonds. The minimum atomic E-state index is 0.170. The summed E-state index contributed by atoms with van der Waals surface area (Å²) in [7, 11) is 1.83. The van der Waals surface area contributed by atoms with Gasteiger partial charge in [-0.15, -0.1) is 11.3 Å². The Morgan fingerprint density at radius 3 is 2.76 bits per heavy atom. The summed E-state index contributed by atoms with van der Waals surface area (Å²) in [6.45, 7) is 7.07. The first-order chi connectivity index (χ1) is 14.2. The molecule has 0 bridgehead atoms. The molecule has 2 aliphatic heterocycles. The minimum Gasteiger partial charge on any atom is -0.488 e. The molecule has 1 unspecified atom stereocenters. The number of hydrogen-bond acceptors (Lipinski definition) is 5. The van der Waals surface area contributed by atoms with Gasteiger partial charge < -0.3 is 15.4 Å². The standard InChI is InChI=1S/C22H31N5OS/c1-16-26-19(15-29-16)14-27-9-7-17(8-10-27)12-24-22(23-2)25-13-20-11-18-5-3-4-6-21(18)28-20/h3-6,15,17,20H,7-14H2,1-2H3,(H2,23,24,25). The van der Waals surface area contributed by atoms with Gasteiger partial charge in [0, 0.05) is 31.9 Å². The molecule has 6 nitrogen and oxygen atoms in total. The van der Waals surface area contributed by atoms with Crippen LogP contribution in [0.15, 0.2) is 34.6 Å². The summed E-state index contributed by atoms with van der Waals surface area (Å²) in [5.74, 6) is 2.57. The predicted molar refractivity (Wildman–Crippen MR) is 119 cm³/mol. The van der Waals surface area contributed by atoms with Gasteiger partial charge >= 0.3 is 0 Å². The molecule has 3 heterocycles. The van der Waals surface area contributed by atoms with E-state index in [9.17, 15) is 0 Å². The smallest absolute Gasteiger partial charge is 0.191 e. The van der Waals surface area contributed by atoms with Crippen LogP contribution in [0.2, 0.25) is 0 Å². The van der Waals surface area contributed by atoms with Crippen LogP contribution in [-0.4, -0.2) is 55.2 Å². The second-order valence-corrected chi connectivity index (χ2v) is 9.03. The molecule has 0 radical (unpaired) electrons. The highest BCUT2D eigenvalue weighted by molar-refractivity contribution is 7.09. The maximum Gasteiger partial charge on any atom is 0.191 e. The van der Waals surface area contributed by atoms with Gasteiger partial charge in [-0.05, 0) is 50.4 Å². The van der Waals surface area contributed by atoms with Crippen LogP contribution in [0.25, 0.3) is 0 Å². The molecule has 156 valence electrons. The zero-order valence-electron chi connectivity index (χ0n) is 17.4. The third kappa shape index (κ3) is 5.48. The molecule has 2 aromatic rings. The third-order valence-electron chi connectivity index (χ3n) is 5.75. The lowest BCUT2D eigenvalue weighted by molar-refractivity contribution is 0.176. The average molecular weight is 414 g/mol. The number of ether oxygens (including phenoxy) is 1. The van der Waals surface area contributed by atoms with Gasteiger partial charge in [0.25, 0.3) is 0 Å². The van der Waals surface area contributed by atoms with Crippen molar-refractivity contribution in [3.05, 3.63) is 45.9 Å².